The summed E-state index contributed by atoms with van der Waals surface area (Å²) >= 11 is 6.84. The second-order valence-electron chi connectivity index (χ2n) is 7.89. The van der Waals surface area contributed by atoms with E-state index in [4.69, 9.17) is 25.8 Å². The summed E-state index contributed by atoms with van der Waals surface area (Å²) in [6.45, 7) is 2.43. The predicted octanol–water partition coefficient (Wildman–Crippen LogP) is 6.49. The van der Waals surface area contributed by atoms with Crippen LogP contribution < -0.4 is 14.2 Å². The van der Waals surface area contributed by atoms with Crippen molar-refractivity contribution in [1.82, 2.24) is 4.90 Å². The largest absolute Gasteiger partial charge is 0.493 e. The first-order chi connectivity index (χ1) is 17.4. The number of halogens is 2. The molecule has 3 aromatic rings. The van der Waals surface area contributed by atoms with Gasteiger partial charge in [-0.1, -0.05) is 41.4 Å². The van der Waals surface area contributed by atoms with Gasteiger partial charge in [0, 0.05) is 10.6 Å². The number of carbonyl (C=O) groups excluding carboxylic acids is 2. The van der Waals surface area contributed by atoms with Crippen molar-refractivity contribution in [1.29, 1.82) is 0 Å². The van der Waals surface area contributed by atoms with E-state index in [1.165, 1.54) is 25.3 Å². The van der Waals surface area contributed by atoms with Gasteiger partial charge in [-0.2, -0.15) is 0 Å². The lowest BCUT2D eigenvalue weighted by molar-refractivity contribution is -0.123. The lowest BCUT2D eigenvalue weighted by atomic mass is 10.1. The SMILES string of the molecule is COc1cc(/C=C2\SC(=O)N(Cc3c(F)cccc3Cl)C2=O)ccc1OCCOc1ccc(C)cc1. The minimum Gasteiger partial charge on any atom is -0.493 e. The molecule has 36 heavy (non-hydrogen) atoms. The normalized spacial score (nSPS) is 14.4. The van der Waals surface area contributed by atoms with Crippen molar-refractivity contribution in [3.05, 3.63) is 93.1 Å². The Morgan fingerprint density at radius 1 is 1.00 bits per heavy atom. The maximum atomic E-state index is 14.1. The number of imide groups is 1. The van der Waals surface area contributed by atoms with Crippen LogP contribution in [0.3, 0.4) is 0 Å². The Morgan fingerprint density at radius 3 is 2.47 bits per heavy atom. The summed E-state index contributed by atoms with van der Waals surface area (Å²) in [5.74, 6) is 0.658. The fraction of sp³-hybridized carbons (Fsp3) is 0.185. The average Bonchev–Trinajstić information content (AvgIpc) is 3.12. The number of ether oxygens (including phenoxy) is 3. The average molecular weight is 528 g/mol. The third kappa shape index (κ3) is 6.01. The van der Waals surface area contributed by atoms with Crippen molar-refractivity contribution in [2.75, 3.05) is 20.3 Å². The molecule has 0 bridgehead atoms. The molecule has 0 aromatic heterocycles. The van der Waals surface area contributed by atoms with Crippen molar-refractivity contribution in [3.8, 4) is 17.2 Å². The molecule has 4 rings (SSSR count). The highest BCUT2D eigenvalue weighted by molar-refractivity contribution is 8.18. The lowest BCUT2D eigenvalue weighted by Crippen LogP contribution is -2.28. The zero-order valence-electron chi connectivity index (χ0n) is 19.6. The molecule has 0 N–H and O–H groups in total. The van der Waals surface area contributed by atoms with Crippen molar-refractivity contribution < 1.29 is 28.2 Å². The maximum Gasteiger partial charge on any atom is 0.293 e. The van der Waals surface area contributed by atoms with Crippen molar-refractivity contribution >= 4 is 40.6 Å². The second-order valence-corrected chi connectivity index (χ2v) is 9.29. The fourth-order valence-electron chi connectivity index (χ4n) is 3.47. The van der Waals surface area contributed by atoms with Crippen LogP contribution in [-0.2, 0) is 11.3 Å². The van der Waals surface area contributed by atoms with Gasteiger partial charge in [0.05, 0.1) is 18.6 Å². The molecule has 1 saturated heterocycles. The van der Waals surface area contributed by atoms with Crippen LogP contribution in [0.4, 0.5) is 9.18 Å². The van der Waals surface area contributed by atoms with Gasteiger partial charge >= 0.3 is 0 Å². The van der Waals surface area contributed by atoms with Crippen LogP contribution >= 0.6 is 23.4 Å². The Balaban J connectivity index is 1.41. The molecule has 1 aliphatic rings. The third-order valence-electron chi connectivity index (χ3n) is 5.37. The molecule has 0 atom stereocenters. The van der Waals surface area contributed by atoms with Gasteiger partial charge in [0.15, 0.2) is 11.5 Å². The molecule has 186 valence electrons. The van der Waals surface area contributed by atoms with E-state index in [0.29, 0.717) is 30.3 Å². The summed E-state index contributed by atoms with van der Waals surface area (Å²) in [5.41, 5.74) is 1.89. The van der Waals surface area contributed by atoms with Crippen LogP contribution in [0.1, 0.15) is 16.7 Å². The van der Waals surface area contributed by atoms with Gasteiger partial charge in [-0.05, 0) is 66.7 Å². The van der Waals surface area contributed by atoms with Crippen LogP contribution in [0.25, 0.3) is 6.08 Å². The van der Waals surface area contributed by atoms with Crippen LogP contribution in [0.5, 0.6) is 17.2 Å². The number of hydrogen-bond donors (Lipinski definition) is 0. The molecule has 0 saturated carbocycles. The quantitative estimate of drug-likeness (QED) is 0.234. The summed E-state index contributed by atoms with van der Waals surface area (Å²) in [7, 11) is 1.51. The monoisotopic (exact) mass is 527 g/mol. The van der Waals surface area contributed by atoms with E-state index in [1.54, 1.807) is 24.3 Å². The highest BCUT2D eigenvalue weighted by atomic mass is 35.5. The van der Waals surface area contributed by atoms with Crippen molar-refractivity contribution in [2.24, 2.45) is 0 Å². The van der Waals surface area contributed by atoms with Gasteiger partial charge in [-0.3, -0.25) is 14.5 Å². The van der Waals surface area contributed by atoms with Gasteiger partial charge < -0.3 is 14.2 Å². The molecule has 0 unspecified atom stereocenters. The van der Waals surface area contributed by atoms with Gasteiger partial charge in [-0.15, -0.1) is 0 Å². The molecule has 3 aromatic carbocycles. The first kappa shape index (κ1) is 25.6. The smallest absolute Gasteiger partial charge is 0.293 e. The zero-order chi connectivity index (χ0) is 25.7. The molecular formula is C27H23ClFNO5S. The Kier molecular flexibility index (Phi) is 8.18. The number of amides is 2. The summed E-state index contributed by atoms with van der Waals surface area (Å²) in [4.78, 5) is 26.5. The topological polar surface area (TPSA) is 65.1 Å². The minimum atomic E-state index is -0.574. The van der Waals surface area contributed by atoms with Gasteiger partial charge in [0.1, 0.15) is 24.8 Å². The van der Waals surface area contributed by atoms with Gasteiger partial charge in [-0.25, -0.2) is 4.39 Å². The minimum absolute atomic E-state index is 0.0947. The van der Waals surface area contributed by atoms with Gasteiger partial charge in [0.25, 0.3) is 11.1 Å². The van der Waals surface area contributed by atoms with E-state index in [1.807, 2.05) is 31.2 Å². The Labute approximate surface area is 217 Å². The Hall–Kier alpha value is -3.49. The van der Waals surface area contributed by atoms with Crippen LogP contribution in [-0.4, -0.2) is 36.4 Å². The van der Waals surface area contributed by atoms with E-state index < -0.39 is 17.0 Å². The van der Waals surface area contributed by atoms with Crippen LogP contribution in [0.2, 0.25) is 5.02 Å². The maximum absolute atomic E-state index is 14.1. The van der Waals surface area contributed by atoms with Crippen molar-refractivity contribution in [3.63, 3.8) is 0 Å². The number of thioether (sulfide) groups is 1. The molecule has 0 radical (unpaired) electrons. The van der Waals surface area contributed by atoms with E-state index in [0.717, 1.165) is 28.0 Å². The number of aryl methyl sites for hydroxylation is 1. The van der Waals surface area contributed by atoms with E-state index in [9.17, 15) is 14.0 Å². The molecule has 2 amide bonds. The van der Waals surface area contributed by atoms with E-state index in [2.05, 4.69) is 0 Å². The molecule has 1 aliphatic heterocycles. The van der Waals surface area contributed by atoms with E-state index >= 15 is 0 Å². The van der Waals surface area contributed by atoms with Gasteiger partial charge in [0.2, 0.25) is 0 Å². The standard InChI is InChI=1S/C27H23ClFNO5S/c1-17-6-9-19(10-7-17)34-12-13-35-23-11-8-18(14-24(23)33-2)15-25-26(31)30(27(32)36-25)16-20-21(28)4-3-5-22(20)29/h3-11,14-15H,12-13,16H2,1-2H3/b25-15-. The Bertz CT molecular complexity index is 1290. The van der Waals surface area contributed by atoms with Crippen molar-refractivity contribution in [2.45, 2.75) is 13.5 Å². The highest BCUT2D eigenvalue weighted by Crippen LogP contribution is 2.36. The molecule has 1 fully saturated rings. The molecular weight excluding hydrogens is 505 g/mol. The highest BCUT2D eigenvalue weighted by Gasteiger charge is 2.36. The number of benzene rings is 3. The third-order valence-corrected chi connectivity index (χ3v) is 6.63. The Morgan fingerprint density at radius 2 is 1.75 bits per heavy atom. The molecule has 0 spiro atoms. The first-order valence-electron chi connectivity index (χ1n) is 11.0. The summed E-state index contributed by atoms with van der Waals surface area (Å²) in [6, 6.07) is 17.1. The van der Waals surface area contributed by atoms with Crippen LogP contribution in [0, 0.1) is 12.7 Å². The number of hydrogen-bond acceptors (Lipinski definition) is 6. The fourth-order valence-corrected chi connectivity index (χ4v) is 4.53. The number of nitrogens with zero attached hydrogens (tertiary/aromatic N) is 1. The van der Waals surface area contributed by atoms with Crippen LogP contribution in [0.15, 0.2) is 65.6 Å². The lowest BCUT2D eigenvalue weighted by Gasteiger charge is -2.14. The summed E-state index contributed by atoms with van der Waals surface area (Å²) in [5, 5.41) is -0.339. The molecule has 0 aliphatic carbocycles. The molecule has 9 heteroatoms. The molecule has 6 nitrogen and oxygen atoms in total. The predicted molar refractivity (Wildman–Crippen MR) is 138 cm³/mol. The number of rotatable bonds is 9. The summed E-state index contributed by atoms with van der Waals surface area (Å²) in [6.07, 6.45) is 1.58. The van der Waals surface area contributed by atoms with E-state index in [-0.39, 0.29) is 22.0 Å². The number of methoxy groups -OCH3 is 1. The molecule has 1 heterocycles. The first-order valence-corrected chi connectivity index (χ1v) is 12.2. The zero-order valence-corrected chi connectivity index (χ0v) is 21.2. The second kappa shape index (κ2) is 11.5. The summed E-state index contributed by atoms with van der Waals surface area (Å²) < 4.78 is 31.0. The number of carbonyl (C=O) groups is 2.